The van der Waals surface area contributed by atoms with Gasteiger partial charge in [0, 0.05) is 24.6 Å². The second kappa shape index (κ2) is 9.61. The van der Waals surface area contributed by atoms with E-state index in [9.17, 15) is 13.2 Å². The van der Waals surface area contributed by atoms with Crippen molar-refractivity contribution in [3.8, 4) is 16.9 Å². The molecule has 0 amide bonds. The van der Waals surface area contributed by atoms with Crippen LogP contribution in [0.15, 0.2) is 53.4 Å². The zero-order chi connectivity index (χ0) is 21.7. The number of rotatable bonds is 8. The summed E-state index contributed by atoms with van der Waals surface area (Å²) in [5.74, 6) is 0.152. The average molecular weight is 452 g/mol. The second-order valence-electron chi connectivity index (χ2n) is 6.56. The van der Waals surface area contributed by atoms with Crippen molar-refractivity contribution in [3.05, 3.63) is 59.1 Å². The van der Waals surface area contributed by atoms with Crippen molar-refractivity contribution < 1.29 is 27.8 Å². The fraction of sp³-hybridized carbons (Fsp3) is 0.286. The van der Waals surface area contributed by atoms with Crippen LogP contribution in [0.3, 0.4) is 0 Å². The van der Waals surface area contributed by atoms with Crippen LogP contribution >= 0.6 is 11.6 Å². The monoisotopic (exact) mass is 451 g/mol. The molecule has 30 heavy (non-hydrogen) atoms. The number of hydrogen-bond acceptors (Lipinski definition) is 6. The molecule has 160 valence electrons. The predicted molar refractivity (Wildman–Crippen MR) is 113 cm³/mol. The van der Waals surface area contributed by atoms with Crippen LogP contribution in [0.4, 0.5) is 0 Å². The fourth-order valence-electron chi connectivity index (χ4n) is 3.08. The van der Waals surface area contributed by atoms with E-state index in [0.717, 1.165) is 16.7 Å². The van der Waals surface area contributed by atoms with Gasteiger partial charge in [0.05, 0.1) is 23.1 Å². The molecule has 0 aromatic heterocycles. The fourth-order valence-corrected chi connectivity index (χ4v) is 4.39. The van der Waals surface area contributed by atoms with Crippen LogP contribution in [0.25, 0.3) is 11.1 Å². The number of sulfonamides is 1. The Bertz CT molecular complexity index is 1050. The van der Waals surface area contributed by atoms with E-state index in [1.807, 2.05) is 6.07 Å². The highest BCUT2D eigenvalue weighted by Gasteiger charge is 2.24. The number of benzene rings is 2. The standard InChI is InChI=1S/C21H22ClNO6S/c1-2-28-20(25)8-5-17-12-16-11-15(13-19(22)21(16)29-17)14-3-6-18(7-4-14)30(26,27)23-9-10-24/h3-8,11,13,17,23-24H,2,9-10,12H2,1H3/b8-5+. The maximum absolute atomic E-state index is 12.1. The van der Waals surface area contributed by atoms with Gasteiger partial charge in [-0.15, -0.1) is 0 Å². The minimum Gasteiger partial charge on any atom is -0.484 e. The van der Waals surface area contributed by atoms with E-state index in [-0.39, 0.29) is 24.2 Å². The summed E-state index contributed by atoms with van der Waals surface area (Å²) >= 11 is 6.39. The Labute approximate surface area is 180 Å². The van der Waals surface area contributed by atoms with Crippen LogP contribution in [0, 0.1) is 0 Å². The van der Waals surface area contributed by atoms with Gasteiger partial charge in [0.25, 0.3) is 0 Å². The third-order valence-electron chi connectivity index (χ3n) is 4.45. The molecule has 0 bridgehead atoms. The zero-order valence-electron chi connectivity index (χ0n) is 16.3. The van der Waals surface area contributed by atoms with Gasteiger partial charge in [0.1, 0.15) is 11.9 Å². The Hall–Kier alpha value is -2.39. The molecule has 0 fully saturated rings. The predicted octanol–water partition coefficient (Wildman–Crippen LogP) is 2.70. The van der Waals surface area contributed by atoms with E-state index in [0.29, 0.717) is 23.8 Å². The van der Waals surface area contributed by atoms with E-state index in [1.165, 1.54) is 18.2 Å². The van der Waals surface area contributed by atoms with Crippen molar-refractivity contribution in [1.29, 1.82) is 0 Å². The summed E-state index contributed by atoms with van der Waals surface area (Å²) in [5, 5.41) is 9.24. The first kappa shape index (κ1) is 22.3. The molecule has 7 nitrogen and oxygen atoms in total. The van der Waals surface area contributed by atoms with Crippen molar-refractivity contribution in [2.24, 2.45) is 0 Å². The topological polar surface area (TPSA) is 102 Å². The molecule has 0 saturated heterocycles. The smallest absolute Gasteiger partial charge is 0.330 e. The minimum atomic E-state index is -3.67. The highest BCUT2D eigenvalue weighted by atomic mass is 35.5. The minimum absolute atomic E-state index is 0.0453. The summed E-state index contributed by atoms with van der Waals surface area (Å²) in [6.45, 7) is 1.73. The summed E-state index contributed by atoms with van der Waals surface area (Å²) in [6, 6.07) is 10.1. The summed E-state index contributed by atoms with van der Waals surface area (Å²) in [4.78, 5) is 11.6. The van der Waals surface area contributed by atoms with E-state index in [2.05, 4.69) is 4.72 Å². The Morgan fingerprint density at radius 1 is 1.30 bits per heavy atom. The Balaban J connectivity index is 1.78. The summed E-state index contributed by atoms with van der Waals surface area (Å²) in [7, 11) is -3.67. The van der Waals surface area contributed by atoms with Gasteiger partial charge in [0.15, 0.2) is 0 Å². The summed E-state index contributed by atoms with van der Waals surface area (Å²) < 4.78 is 37.3. The molecule has 9 heteroatoms. The number of nitrogens with one attached hydrogen (secondary N) is 1. The lowest BCUT2D eigenvalue weighted by atomic mass is 10.0. The van der Waals surface area contributed by atoms with Gasteiger partial charge in [-0.3, -0.25) is 0 Å². The van der Waals surface area contributed by atoms with Crippen molar-refractivity contribution in [3.63, 3.8) is 0 Å². The maximum atomic E-state index is 12.1. The third-order valence-corrected chi connectivity index (χ3v) is 6.20. The second-order valence-corrected chi connectivity index (χ2v) is 8.74. The molecule has 2 N–H and O–H groups in total. The van der Waals surface area contributed by atoms with Gasteiger partial charge in [-0.25, -0.2) is 17.9 Å². The first-order chi connectivity index (χ1) is 14.3. The van der Waals surface area contributed by atoms with Crippen LogP contribution in [0.1, 0.15) is 12.5 Å². The van der Waals surface area contributed by atoms with Crippen LogP contribution < -0.4 is 9.46 Å². The molecule has 0 saturated carbocycles. The number of halogens is 1. The number of ether oxygens (including phenoxy) is 2. The van der Waals surface area contributed by atoms with Crippen LogP contribution in [0.2, 0.25) is 5.02 Å². The maximum Gasteiger partial charge on any atom is 0.330 e. The van der Waals surface area contributed by atoms with Crippen molar-refractivity contribution in [2.75, 3.05) is 19.8 Å². The number of carbonyl (C=O) groups is 1. The van der Waals surface area contributed by atoms with Gasteiger partial charge >= 0.3 is 5.97 Å². The normalized spacial score (nSPS) is 15.8. The Kier molecular flexibility index (Phi) is 7.14. The highest BCUT2D eigenvalue weighted by molar-refractivity contribution is 7.89. The molecule has 0 spiro atoms. The molecule has 0 radical (unpaired) electrons. The lowest BCUT2D eigenvalue weighted by molar-refractivity contribution is -0.137. The quantitative estimate of drug-likeness (QED) is 0.472. The Morgan fingerprint density at radius 3 is 2.70 bits per heavy atom. The molecule has 0 aliphatic carbocycles. The van der Waals surface area contributed by atoms with E-state index < -0.39 is 16.0 Å². The molecular formula is C21H22ClNO6S. The molecule has 2 aromatic rings. The largest absolute Gasteiger partial charge is 0.484 e. The van der Waals surface area contributed by atoms with Gasteiger partial charge in [0.2, 0.25) is 10.0 Å². The van der Waals surface area contributed by atoms with Crippen LogP contribution in [-0.4, -0.2) is 45.4 Å². The lowest BCUT2D eigenvalue weighted by Crippen LogP contribution is -2.26. The van der Waals surface area contributed by atoms with Gasteiger partial charge in [-0.2, -0.15) is 0 Å². The SMILES string of the molecule is CCOC(=O)/C=C/C1Cc2cc(-c3ccc(S(=O)(=O)NCCO)cc3)cc(Cl)c2O1. The van der Waals surface area contributed by atoms with Crippen molar-refractivity contribution in [2.45, 2.75) is 24.3 Å². The van der Waals surface area contributed by atoms with Gasteiger partial charge in [-0.05, 0) is 48.4 Å². The van der Waals surface area contributed by atoms with Gasteiger partial charge < -0.3 is 14.6 Å². The van der Waals surface area contributed by atoms with E-state index in [1.54, 1.807) is 31.2 Å². The van der Waals surface area contributed by atoms with Crippen LogP contribution in [0.5, 0.6) is 5.75 Å². The molecular weight excluding hydrogens is 430 g/mol. The highest BCUT2D eigenvalue weighted by Crippen LogP contribution is 2.40. The van der Waals surface area contributed by atoms with Gasteiger partial charge in [-0.1, -0.05) is 23.7 Å². The molecule has 1 heterocycles. The number of hydrogen-bond donors (Lipinski definition) is 2. The summed E-state index contributed by atoms with van der Waals surface area (Å²) in [6.07, 6.45) is 3.23. The molecule has 3 rings (SSSR count). The van der Waals surface area contributed by atoms with Crippen molar-refractivity contribution in [1.82, 2.24) is 4.72 Å². The number of fused-ring (bicyclic) bond motifs is 1. The van der Waals surface area contributed by atoms with Crippen LogP contribution in [-0.2, 0) is 26.0 Å². The molecule has 1 aliphatic heterocycles. The third kappa shape index (κ3) is 5.20. The Morgan fingerprint density at radius 2 is 2.03 bits per heavy atom. The average Bonchev–Trinajstić information content (AvgIpc) is 3.15. The zero-order valence-corrected chi connectivity index (χ0v) is 17.9. The number of aliphatic hydroxyl groups is 1. The molecule has 1 aliphatic rings. The van der Waals surface area contributed by atoms with E-state index in [4.69, 9.17) is 26.2 Å². The molecule has 2 aromatic carbocycles. The number of carbonyl (C=O) groups excluding carboxylic acids is 1. The first-order valence-electron chi connectivity index (χ1n) is 9.39. The molecule has 1 unspecified atom stereocenters. The van der Waals surface area contributed by atoms with Crippen molar-refractivity contribution >= 4 is 27.6 Å². The summed E-state index contributed by atoms with van der Waals surface area (Å²) in [5.41, 5.74) is 2.52. The number of aliphatic hydroxyl groups excluding tert-OH is 1. The van der Waals surface area contributed by atoms with E-state index >= 15 is 0 Å². The number of esters is 1. The lowest BCUT2D eigenvalue weighted by Gasteiger charge is -2.09. The molecule has 1 atom stereocenters. The first-order valence-corrected chi connectivity index (χ1v) is 11.2.